The molecule has 1 saturated heterocycles. The molecule has 0 N–H and O–H groups in total. The second-order valence-electron chi connectivity index (χ2n) is 7.74. The second-order valence-corrected chi connectivity index (χ2v) is 7.74. The molecule has 3 aromatic heterocycles. The third kappa shape index (κ3) is 4.05. The molecule has 4 rings (SSSR count). The lowest BCUT2D eigenvalue weighted by molar-refractivity contribution is 0.0766. The molecule has 30 heavy (non-hydrogen) atoms. The van der Waals surface area contributed by atoms with E-state index < -0.39 is 0 Å². The van der Waals surface area contributed by atoms with Gasteiger partial charge in [0.1, 0.15) is 0 Å². The molecule has 8 nitrogen and oxygen atoms in total. The number of aromatic nitrogens is 3. The minimum Gasteiger partial charge on any atom is -0.422 e. The van der Waals surface area contributed by atoms with Crippen LogP contribution >= 0.6 is 0 Å². The van der Waals surface area contributed by atoms with Crippen LogP contribution in [0.25, 0.3) is 11.2 Å². The lowest BCUT2D eigenvalue weighted by Crippen LogP contribution is -2.35. The van der Waals surface area contributed by atoms with E-state index in [2.05, 4.69) is 26.4 Å². The average Bonchev–Trinajstić information content (AvgIpc) is 3.19. The van der Waals surface area contributed by atoms with E-state index in [1.165, 1.54) is 0 Å². The zero-order chi connectivity index (χ0) is 21.1. The van der Waals surface area contributed by atoms with Gasteiger partial charge in [-0.3, -0.25) is 4.79 Å². The van der Waals surface area contributed by atoms with Crippen molar-refractivity contribution in [3.05, 3.63) is 41.3 Å². The largest absolute Gasteiger partial charge is 0.422 e. The molecule has 0 radical (unpaired) electrons. The standard InChI is InChI=1S/C22H29N5O3/c1-16-15-18(17(2)27(16)11-6-14-29-3)21(28)25-9-5-10-26(13-12-25)22-24-20-19(30-22)7-4-8-23-20/h4,7-8,15H,5-6,9-14H2,1-3H3. The monoisotopic (exact) mass is 411 g/mol. The van der Waals surface area contributed by atoms with Crippen molar-refractivity contribution in [2.75, 3.05) is 44.8 Å². The highest BCUT2D eigenvalue weighted by atomic mass is 16.5. The number of hydrogen-bond acceptors (Lipinski definition) is 6. The molecule has 0 saturated carbocycles. The van der Waals surface area contributed by atoms with Crippen molar-refractivity contribution in [2.24, 2.45) is 0 Å². The first-order valence-corrected chi connectivity index (χ1v) is 10.5. The second kappa shape index (κ2) is 8.87. The number of ether oxygens (including phenoxy) is 1. The first-order chi connectivity index (χ1) is 14.6. The predicted molar refractivity (Wildman–Crippen MR) is 115 cm³/mol. The number of nitrogens with zero attached hydrogens (tertiary/aromatic N) is 5. The van der Waals surface area contributed by atoms with Crippen molar-refractivity contribution in [3.8, 4) is 0 Å². The molecule has 1 aliphatic rings. The fourth-order valence-electron chi connectivity index (χ4n) is 4.10. The maximum atomic E-state index is 13.3. The molecular weight excluding hydrogens is 382 g/mol. The molecular formula is C22H29N5O3. The number of aryl methyl sites for hydroxylation is 1. The first-order valence-electron chi connectivity index (χ1n) is 10.5. The molecule has 1 aliphatic heterocycles. The Kier molecular flexibility index (Phi) is 6.03. The minimum absolute atomic E-state index is 0.0992. The van der Waals surface area contributed by atoms with Gasteiger partial charge in [0, 0.05) is 64.0 Å². The quantitative estimate of drug-likeness (QED) is 0.581. The predicted octanol–water partition coefficient (Wildman–Crippen LogP) is 3.03. The van der Waals surface area contributed by atoms with Gasteiger partial charge in [-0.05, 0) is 44.9 Å². The highest BCUT2D eigenvalue weighted by Gasteiger charge is 2.25. The summed E-state index contributed by atoms with van der Waals surface area (Å²) in [6.45, 7) is 8.51. The molecule has 8 heteroatoms. The van der Waals surface area contributed by atoms with Crippen molar-refractivity contribution in [2.45, 2.75) is 33.2 Å². The van der Waals surface area contributed by atoms with E-state index in [1.54, 1.807) is 13.3 Å². The maximum Gasteiger partial charge on any atom is 0.300 e. The van der Waals surface area contributed by atoms with Gasteiger partial charge >= 0.3 is 0 Å². The van der Waals surface area contributed by atoms with Gasteiger partial charge < -0.3 is 23.5 Å². The van der Waals surface area contributed by atoms with Crippen LogP contribution in [0.2, 0.25) is 0 Å². The molecule has 4 heterocycles. The van der Waals surface area contributed by atoms with Crippen molar-refractivity contribution in [1.29, 1.82) is 0 Å². The number of carbonyl (C=O) groups excluding carboxylic acids is 1. The molecule has 3 aromatic rings. The summed E-state index contributed by atoms with van der Waals surface area (Å²) < 4.78 is 13.2. The summed E-state index contributed by atoms with van der Waals surface area (Å²) in [5.74, 6) is 0.0992. The van der Waals surface area contributed by atoms with Crippen LogP contribution in [-0.2, 0) is 11.3 Å². The lowest BCUT2D eigenvalue weighted by atomic mass is 10.2. The molecule has 0 unspecified atom stereocenters. The van der Waals surface area contributed by atoms with E-state index >= 15 is 0 Å². The van der Waals surface area contributed by atoms with Gasteiger partial charge in [0.05, 0.1) is 5.56 Å². The number of pyridine rings is 1. The number of methoxy groups -OCH3 is 1. The normalized spacial score (nSPS) is 15.0. The lowest BCUT2D eigenvalue weighted by Gasteiger charge is -2.21. The van der Waals surface area contributed by atoms with Crippen LogP contribution in [0.1, 0.15) is 34.6 Å². The van der Waals surface area contributed by atoms with Gasteiger partial charge in [0.15, 0.2) is 5.58 Å². The Bertz CT molecular complexity index is 992. The number of fused-ring (bicyclic) bond motifs is 1. The molecule has 1 amide bonds. The fraction of sp³-hybridized carbons (Fsp3) is 0.500. The molecule has 0 spiro atoms. The summed E-state index contributed by atoms with van der Waals surface area (Å²) >= 11 is 0. The molecule has 0 bridgehead atoms. The topological polar surface area (TPSA) is 76.6 Å². The SMILES string of the molecule is COCCCn1c(C)cc(C(=O)N2CCCN(c3nc4ncccc4o3)CC2)c1C. The van der Waals surface area contributed by atoms with Gasteiger partial charge in [0.25, 0.3) is 11.9 Å². The number of carbonyl (C=O) groups is 1. The maximum absolute atomic E-state index is 13.3. The Labute approximate surface area is 176 Å². The van der Waals surface area contributed by atoms with Crippen molar-refractivity contribution in [3.63, 3.8) is 0 Å². The fourth-order valence-corrected chi connectivity index (χ4v) is 4.10. The first kappa shape index (κ1) is 20.4. The van der Waals surface area contributed by atoms with Crippen LogP contribution in [0.15, 0.2) is 28.8 Å². The molecule has 0 atom stereocenters. The zero-order valence-corrected chi connectivity index (χ0v) is 17.9. The van der Waals surface area contributed by atoms with E-state index in [0.717, 1.165) is 49.4 Å². The summed E-state index contributed by atoms with van der Waals surface area (Å²) in [4.78, 5) is 26.1. The zero-order valence-electron chi connectivity index (χ0n) is 17.9. The number of hydrogen-bond donors (Lipinski definition) is 0. The summed E-state index contributed by atoms with van der Waals surface area (Å²) in [5, 5.41) is 0. The van der Waals surface area contributed by atoms with Crippen molar-refractivity contribution < 1.29 is 13.9 Å². The van der Waals surface area contributed by atoms with Crippen LogP contribution in [0.3, 0.4) is 0 Å². The third-order valence-corrected chi connectivity index (χ3v) is 5.74. The highest BCUT2D eigenvalue weighted by Crippen LogP contribution is 2.23. The number of amides is 1. The average molecular weight is 412 g/mol. The Morgan fingerprint density at radius 2 is 2.10 bits per heavy atom. The van der Waals surface area contributed by atoms with Crippen molar-refractivity contribution >= 4 is 23.2 Å². The smallest absolute Gasteiger partial charge is 0.300 e. The van der Waals surface area contributed by atoms with Crippen LogP contribution in [0.4, 0.5) is 6.01 Å². The number of oxazole rings is 1. The van der Waals surface area contributed by atoms with Gasteiger partial charge in [-0.2, -0.15) is 4.98 Å². The van der Waals surface area contributed by atoms with E-state index in [9.17, 15) is 4.79 Å². The van der Waals surface area contributed by atoms with Gasteiger partial charge in [-0.1, -0.05) is 0 Å². The number of anilines is 1. The summed E-state index contributed by atoms with van der Waals surface area (Å²) in [6, 6.07) is 6.30. The molecule has 0 aromatic carbocycles. The summed E-state index contributed by atoms with van der Waals surface area (Å²) in [5.41, 5.74) is 4.24. The van der Waals surface area contributed by atoms with E-state index in [-0.39, 0.29) is 5.91 Å². The van der Waals surface area contributed by atoms with E-state index in [1.807, 2.05) is 30.0 Å². The Morgan fingerprint density at radius 3 is 2.90 bits per heavy atom. The van der Waals surface area contributed by atoms with Crippen LogP contribution in [0.5, 0.6) is 0 Å². The summed E-state index contributed by atoms with van der Waals surface area (Å²) in [7, 11) is 1.71. The Balaban J connectivity index is 1.45. The highest BCUT2D eigenvalue weighted by molar-refractivity contribution is 5.95. The van der Waals surface area contributed by atoms with Gasteiger partial charge in [-0.25, -0.2) is 4.98 Å². The third-order valence-electron chi connectivity index (χ3n) is 5.74. The van der Waals surface area contributed by atoms with Gasteiger partial charge in [0.2, 0.25) is 5.65 Å². The molecule has 0 aliphatic carbocycles. The molecule has 1 fully saturated rings. The minimum atomic E-state index is 0.0992. The van der Waals surface area contributed by atoms with Crippen LogP contribution < -0.4 is 4.90 Å². The van der Waals surface area contributed by atoms with E-state index in [0.29, 0.717) is 36.9 Å². The number of rotatable bonds is 6. The van der Waals surface area contributed by atoms with Gasteiger partial charge in [-0.15, -0.1) is 0 Å². The Hall–Kier alpha value is -2.87. The summed E-state index contributed by atoms with van der Waals surface area (Å²) in [6.07, 6.45) is 3.51. The van der Waals surface area contributed by atoms with Crippen molar-refractivity contribution in [1.82, 2.24) is 19.4 Å². The molecule has 160 valence electrons. The van der Waals surface area contributed by atoms with E-state index in [4.69, 9.17) is 9.15 Å². The van der Waals surface area contributed by atoms with Crippen LogP contribution in [-0.4, -0.2) is 65.2 Å². The Morgan fingerprint density at radius 1 is 1.23 bits per heavy atom. The van der Waals surface area contributed by atoms with Crippen LogP contribution in [0, 0.1) is 13.8 Å².